The minimum atomic E-state index is 0.147. The van der Waals surface area contributed by atoms with Gasteiger partial charge >= 0.3 is 0 Å². The summed E-state index contributed by atoms with van der Waals surface area (Å²) in [5.74, 6) is 0.147. The molecule has 0 heterocycles. The summed E-state index contributed by atoms with van der Waals surface area (Å²) >= 11 is 0. The lowest BCUT2D eigenvalue weighted by Gasteiger charge is -2.02. The zero-order valence-electron chi connectivity index (χ0n) is 8.51. The quantitative estimate of drug-likeness (QED) is 0.602. The van der Waals surface area contributed by atoms with Crippen LogP contribution < -0.4 is 5.32 Å². The van der Waals surface area contributed by atoms with Crippen molar-refractivity contribution in [3.05, 3.63) is 19.1 Å². The second-order valence-electron chi connectivity index (χ2n) is 3.07. The second-order valence-corrected chi connectivity index (χ2v) is 3.07. The number of rotatable bonds is 7. The molecule has 1 radical (unpaired) electrons. The molecule has 2 nitrogen and oxygen atoms in total. The van der Waals surface area contributed by atoms with Crippen molar-refractivity contribution in [2.75, 3.05) is 6.54 Å². The first-order chi connectivity index (χ1) is 6.31. The Balaban J connectivity index is 3.20. The Morgan fingerprint density at radius 2 is 2.23 bits per heavy atom. The van der Waals surface area contributed by atoms with Crippen LogP contribution in [0.5, 0.6) is 0 Å². The second kappa shape index (κ2) is 9.30. The van der Waals surface area contributed by atoms with Crippen LogP contribution in [0.1, 0.15) is 39.0 Å². The zero-order chi connectivity index (χ0) is 9.94. The zero-order valence-corrected chi connectivity index (χ0v) is 8.51. The van der Waals surface area contributed by atoms with Crippen LogP contribution in [0, 0.1) is 6.92 Å². The van der Waals surface area contributed by atoms with E-state index in [9.17, 15) is 4.79 Å². The molecule has 75 valence electrons. The summed E-state index contributed by atoms with van der Waals surface area (Å²) in [6.07, 6.45) is 8.49. The predicted molar refractivity (Wildman–Crippen MR) is 56.3 cm³/mol. The van der Waals surface area contributed by atoms with Crippen LogP contribution in [0.25, 0.3) is 0 Å². The van der Waals surface area contributed by atoms with Crippen molar-refractivity contribution in [3.63, 3.8) is 0 Å². The Labute approximate surface area is 81.4 Å². The number of hydrogen-bond acceptors (Lipinski definition) is 1. The summed E-state index contributed by atoms with van der Waals surface area (Å²) in [6, 6.07) is 0. The van der Waals surface area contributed by atoms with Crippen LogP contribution in [0.4, 0.5) is 0 Å². The lowest BCUT2D eigenvalue weighted by atomic mass is 10.2. The average molecular weight is 182 g/mol. The van der Waals surface area contributed by atoms with Crippen molar-refractivity contribution in [2.24, 2.45) is 0 Å². The van der Waals surface area contributed by atoms with E-state index in [0.29, 0.717) is 6.42 Å². The molecule has 0 saturated carbocycles. The third-order valence-corrected chi connectivity index (χ3v) is 1.81. The van der Waals surface area contributed by atoms with Gasteiger partial charge in [0, 0.05) is 13.0 Å². The van der Waals surface area contributed by atoms with E-state index in [4.69, 9.17) is 0 Å². The van der Waals surface area contributed by atoms with E-state index < -0.39 is 0 Å². The van der Waals surface area contributed by atoms with Crippen molar-refractivity contribution in [3.8, 4) is 0 Å². The van der Waals surface area contributed by atoms with Gasteiger partial charge in [0.1, 0.15) is 0 Å². The molecule has 13 heavy (non-hydrogen) atoms. The summed E-state index contributed by atoms with van der Waals surface area (Å²) in [5.41, 5.74) is 0. The summed E-state index contributed by atoms with van der Waals surface area (Å²) in [6.45, 7) is 6.53. The number of hydrogen-bond donors (Lipinski definition) is 1. The Hall–Kier alpha value is -0.790. The van der Waals surface area contributed by atoms with Crippen molar-refractivity contribution < 1.29 is 4.79 Å². The molecule has 0 aliphatic heterocycles. The first-order valence-electron chi connectivity index (χ1n) is 5.02. The van der Waals surface area contributed by atoms with E-state index in [1.807, 2.05) is 6.08 Å². The van der Waals surface area contributed by atoms with E-state index in [1.165, 1.54) is 12.8 Å². The largest absolute Gasteiger partial charge is 0.356 e. The highest BCUT2D eigenvalue weighted by Gasteiger charge is 1.97. The van der Waals surface area contributed by atoms with E-state index in [1.54, 1.807) is 6.08 Å². The molecule has 0 aliphatic carbocycles. The molecule has 0 fully saturated rings. The molecule has 0 aromatic carbocycles. The number of nitrogens with one attached hydrogen (secondary N) is 1. The third kappa shape index (κ3) is 9.12. The molecular formula is C11H20NO. The molecular weight excluding hydrogens is 162 g/mol. The number of allylic oxidation sites excluding steroid dienone is 2. The fraction of sp³-hybridized carbons (Fsp3) is 0.636. The molecule has 2 heteroatoms. The molecule has 0 aliphatic rings. The molecule has 0 rings (SSSR count). The fourth-order valence-corrected chi connectivity index (χ4v) is 1.02. The SMILES string of the molecule is [CH2]C=CCCC(=O)NCCCCC. The van der Waals surface area contributed by atoms with Crippen LogP contribution in [0.15, 0.2) is 12.2 Å². The average Bonchev–Trinajstić information content (AvgIpc) is 2.13. The Kier molecular flexibility index (Phi) is 8.73. The van der Waals surface area contributed by atoms with Gasteiger partial charge in [0.15, 0.2) is 0 Å². The third-order valence-electron chi connectivity index (χ3n) is 1.81. The first-order valence-corrected chi connectivity index (χ1v) is 5.02. The maximum Gasteiger partial charge on any atom is 0.220 e. The van der Waals surface area contributed by atoms with E-state index >= 15 is 0 Å². The maximum atomic E-state index is 11.1. The minimum Gasteiger partial charge on any atom is -0.356 e. The Morgan fingerprint density at radius 1 is 1.46 bits per heavy atom. The van der Waals surface area contributed by atoms with Crippen LogP contribution >= 0.6 is 0 Å². The molecule has 0 saturated heterocycles. The van der Waals surface area contributed by atoms with Gasteiger partial charge in [-0.05, 0) is 19.8 Å². The minimum absolute atomic E-state index is 0.147. The lowest BCUT2D eigenvalue weighted by molar-refractivity contribution is -0.121. The molecule has 0 spiro atoms. The first kappa shape index (κ1) is 12.2. The normalized spacial score (nSPS) is 10.6. The summed E-state index contributed by atoms with van der Waals surface area (Å²) in [5, 5.41) is 2.88. The van der Waals surface area contributed by atoms with Crippen molar-refractivity contribution in [2.45, 2.75) is 39.0 Å². The van der Waals surface area contributed by atoms with Gasteiger partial charge in [-0.1, -0.05) is 31.9 Å². The van der Waals surface area contributed by atoms with Crippen LogP contribution in [-0.4, -0.2) is 12.5 Å². The molecule has 0 bridgehead atoms. The van der Waals surface area contributed by atoms with Gasteiger partial charge in [0.2, 0.25) is 5.91 Å². The monoisotopic (exact) mass is 182 g/mol. The highest BCUT2D eigenvalue weighted by molar-refractivity contribution is 5.75. The summed E-state index contributed by atoms with van der Waals surface area (Å²) in [7, 11) is 0. The molecule has 0 aromatic rings. The van der Waals surface area contributed by atoms with Crippen molar-refractivity contribution in [1.29, 1.82) is 0 Å². The van der Waals surface area contributed by atoms with Crippen molar-refractivity contribution in [1.82, 2.24) is 5.32 Å². The van der Waals surface area contributed by atoms with Crippen molar-refractivity contribution >= 4 is 5.91 Å². The molecule has 1 amide bonds. The molecule has 0 atom stereocenters. The number of amides is 1. The van der Waals surface area contributed by atoms with E-state index in [0.717, 1.165) is 19.4 Å². The highest BCUT2D eigenvalue weighted by Crippen LogP contribution is 1.93. The van der Waals surface area contributed by atoms with Gasteiger partial charge in [-0.3, -0.25) is 4.79 Å². The standard InChI is InChI=1S/C11H20NO/c1-3-5-7-9-11(13)12-10-8-6-4-2/h3,5H,1,4,6-10H2,2H3,(H,12,13). The summed E-state index contributed by atoms with van der Waals surface area (Å²) in [4.78, 5) is 11.1. The van der Waals surface area contributed by atoms with Gasteiger partial charge in [-0.15, -0.1) is 0 Å². The number of carbonyl (C=O) groups excluding carboxylic acids is 1. The number of unbranched alkanes of at least 4 members (excludes halogenated alkanes) is 2. The predicted octanol–water partition coefficient (Wildman–Crippen LogP) is 2.46. The number of carbonyl (C=O) groups is 1. The molecule has 0 aromatic heterocycles. The van der Waals surface area contributed by atoms with Crippen LogP contribution in [-0.2, 0) is 4.79 Å². The lowest BCUT2D eigenvalue weighted by Crippen LogP contribution is -2.23. The van der Waals surface area contributed by atoms with Gasteiger partial charge in [-0.2, -0.15) is 0 Å². The van der Waals surface area contributed by atoms with Gasteiger partial charge in [0.25, 0.3) is 0 Å². The Bertz CT molecular complexity index is 152. The maximum absolute atomic E-state index is 11.1. The fourth-order valence-electron chi connectivity index (χ4n) is 1.02. The van der Waals surface area contributed by atoms with Gasteiger partial charge in [0.05, 0.1) is 0 Å². The summed E-state index contributed by atoms with van der Waals surface area (Å²) < 4.78 is 0. The van der Waals surface area contributed by atoms with Crippen LogP contribution in [0.2, 0.25) is 0 Å². The van der Waals surface area contributed by atoms with Crippen LogP contribution in [0.3, 0.4) is 0 Å². The van der Waals surface area contributed by atoms with E-state index in [-0.39, 0.29) is 5.91 Å². The molecule has 0 unspecified atom stereocenters. The molecule has 1 N–H and O–H groups in total. The van der Waals surface area contributed by atoms with Gasteiger partial charge in [-0.25, -0.2) is 0 Å². The highest BCUT2D eigenvalue weighted by atomic mass is 16.1. The Morgan fingerprint density at radius 3 is 2.85 bits per heavy atom. The smallest absolute Gasteiger partial charge is 0.220 e. The van der Waals surface area contributed by atoms with E-state index in [2.05, 4.69) is 19.2 Å². The topological polar surface area (TPSA) is 29.1 Å². The van der Waals surface area contributed by atoms with Gasteiger partial charge < -0.3 is 5.32 Å².